The minimum Gasteiger partial charge on any atom is -0.481 e. The number of likely N-dealkylation sites (tertiary alicyclic amines) is 1. The molecule has 0 bridgehead atoms. The van der Waals surface area contributed by atoms with Crippen LogP contribution >= 0.6 is 0 Å². The fraction of sp³-hybridized carbons (Fsp3) is 0.833. The molecule has 1 atom stereocenters. The van der Waals surface area contributed by atoms with Crippen LogP contribution in [0.2, 0.25) is 0 Å². The number of sulfone groups is 1. The van der Waals surface area contributed by atoms with Gasteiger partial charge in [-0.25, -0.2) is 8.42 Å². The van der Waals surface area contributed by atoms with E-state index in [-0.39, 0.29) is 24.0 Å². The third-order valence-corrected chi connectivity index (χ3v) is 4.99. The highest BCUT2D eigenvalue weighted by Crippen LogP contribution is 2.21. The van der Waals surface area contributed by atoms with Crippen LogP contribution in [0.15, 0.2) is 0 Å². The highest BCUT2D eigenvalue weighted by Gasteiger charge is 2.26. The zero-order valence-electron chi connectivity index (χ0n) is 11.2. The Morgan fingerprint density at radius 1 is 1.37 bits per heavy atom. The second-order valence-corrected chi connectivity index (χ2v) is 7.31. The second kappa shape index (κ2) is 6.88. The molecule has 1 aliphatic heterocycles. The molecule has 110 valence electrons. The highest BCUT2D eigenvalue weighted by atomic mass is 32.2. The number of carboxylic acids is 1. The van der Waals surface area contributed by atoms with Crippen molar-refractivity contribution >= 4 is 21.7 Å². The molecule has 0 aromatic heterocycles. The van der Waals surface area contributed by atoms with Crippen LogP contribution in [0.4, 0.5) is 0 Å². The van der Waals surface area contributed by atoms with Gasteiger partial charge in [0.05, 0.1) is 0 Å². The van der Waals surface area contributed by atoms with Gasteiger partial charge in [0.15, 0.2) is 9.84 Å². The first kappa shape index (κ1) is 15.9. The number of hydrogen-bond acceptors (Lipinski definition) is 4. The molecule has 6 nitrogen and oxygen atoms in total. The molecule has 19 heavy (non-hydrogen) atoms. The number of hydrogen-bond donors (Lipinski definition) is 1. The Kier molecular flexibility index (Phi) is 5.78. The van der Waals surface area contributed by atoms with Crippen LogP contribution in [0, 0.1) is 5.92 Å². The lowest BCUT2D eigenvalue weighted by Gasteiger charge is -2.32. The Hall–Kier alpha value is -1.11. The molecule has 1 unspecified atom stereocenters. The van der Waals surface area contributed by atoms with E-state index in [0.717, 1.165) is 12.8 Å². The summed E-state index contributed by atoms with van der Waals surface area (Å²) in [5, 5.41) is 8.64. The lowest BCUT2D eigenvalue weighted by Crippen LogP contribution is -2.43. The summed E-state index contributed by atoms with van der Waals surface area (Å²) in [5.74, 6) is -1.50. The summed E-state index contributed by atoms with van der Waals surface area (Å²) >= 11 is 0. The normalized spacial score (nSPS) is 20.3. The second-order valence-electron chi connectivity index (χ2n) is 4.96. The van der Waals surface area contributed by atoms with E-state index in [1.165, 1.54) is 6.92 Å². The van der Waals surface area contributed by atoms with Crippen molar-refractivity contribution in [3.05, 3.63) is 0 Å². The predicted molar refractivity (Wildman–Crippen MR) is 70.5 cm³/mol. The topological polar surface area (TPSA) is 91.8 Å². The average Bonchev–Trinajstić information content (AvgIpc) is 2.36. The van der Waals surface area contributed by atoms with Crippen LogP contribution in [0.1, 0.15) is 32.6 Å². The van der Waals surface area contributed by atoms with E-state index in [9.17, 15) is 18.0 Å². The van der Waals surface area contributed by atoms with Gasteiger partial charge in [0.1, 0.15) is 5.75 Å². The molecule has 1 aliphatic rings. The maximum Gasteiger partial charge on any atom is 0.303 e. The Bertz CT molecular complexity index is 431. The first-order valence-electron chi connectivity index (χ1n) is 6.54. The molecule has 0 spiro atoms. The Balaban J connectivity index is 2.50. The van der Waals surface area contributed by atoms with Gasteiger partial charge in [-0.3, -0.25) is 9.59 Å². The molecule has 0 radical (unpaired) electrons. The molecule has 1 amide bonds. The van der Waals surface area contributed by atoms with Crippen molar-refractivity contribution in [1.29, 1.82) is 0 Å². The summed E-state index contributed by atoms with van der Waals surface area (Å²) in [6.45, 7) is 2.57. The summed E-state index contributed by atoms with van der Waals surface area (Å²) < 4.78 is 22.8. The largest absolute Gasteiger partial charge is 0.481 e. The first-order valence-corrected chi connectivity index (χ1v) is 8.36. The van der Waals surface area contributed by atoms with Crippen LogP contribution in [-0.2, 0) is 19.4 Å². The van der Waals surface area contributed by atoms with E-state index in [2.05, 4.69) is 0 Å². The van der Waals surface area contributed by atoms with Gasteiger partial charge in [0.2, 0.25) is 5.91 Å². The number of aliphatic carboxylic acids is 1. The molecule has 0 aromatic rings. The number of amides is 1. The fourth-order valence-electron chi connectivity index (χ4n) is 2.24. The van der Waals surface area contributed by atoms with Gasteiger partial charge in [0.25, 0.3) is 0 Å². The van der Waals surface area contributed by atoms with Gasteiger partial charge in [-0.2, -0.15) is 0 Å². The van der Waals surface area contributed by atoms with E-state index >= 15 is 0 Å². The maximum atomic E-state index is 11.9. The maximum absolute atomic E-state index is 11.9. The summed E-state index contributed by atoms with van der Waals surface area (Å²) in [6.07, 6.45) is 2.35. The molecule has 1 heterocycles. The fourth-order valence-corrected chi connectivity index (χ4v) is 3.00. The summed E-state index contributed by atoms with van der Waals surface area (Å²) in [5.41, 5.74) is 0. The average molecular weight is 291 g/mol. The van der Waals surface area contributed by atoms with Gasteiger partial charge in [-0.1, -0.05) is 6.92 Å². The molecule has 1 N–H and O–H groups in total. The summed E-state index contributed by atoms with van der Waals surface area (Å²) in [6, 6.07) is 0. The molecule has 0 aliphatic carbocycles. The van der Waals surface area contributed by atoms with Crippen molar-refractivity contribution in [2.24, 2.45) is 5.92 Å². The van der Waals surface area contributed by atoms with Gasteiger partial charge in [-0.15, -0.1) is 0 Å². The molecule has 1 saturated heterocycles. The number of piperidine rings is 1. The van der Waals surface area contributed by atoms with Gasteiger partial charge < -0.3 is 10.0 Å². The van der Waals surface area contributed by atoms with Crippen LogP contribution < -0.4 is 0 Å². The van der Waals surface area contributed by atoms with Gasteiger partial charge >= 0.3 is 5.97 Å². The van der Waals surface area contributed by atoms with Gasteiger partial charge in [-0.05, 0) is 25.2 Å². The third-order valence-electron chi connectivity index (χ3n) is 3.42. The minimum atomic E-state index is -3.30. The molecule has 7 heteroatoms. The predicted octanol–water partition coefficient (Wildman–Crippen LogP) is 0.524. The van der Waals surface area contributed by atoms with Crippen molar-refractivity contribution in [2.45, 2.75) is 32.6 Å². The van der Waals surface area contributed by atoms with Crippen LogP contribution in [0.25, 0.3) is 0 Å². The Morgan fingerprint density at radius 3 is 2.63 bits per heavy atom. The van der Waals surface area contributed by atoms with Crippen LogP contribution in [0.3, 0.4) is 0 Å². The number of carbonyl (C=O) groups excluding carboxylic acids is 1. The van der Waals surface area contributed by atoms with Crippen molar-refractivity contribution in [3.8, 4) is 0 Å². The molecule has 0 aromatic carbocycles. The Labute approximate surface area is 113 Å². The third kappa shape index (κ3) is 5.59. The lowest BCUT2D eigenvalue weighted by atomic mass is 9.93. The molecular formula is C12H21NO5S. The quantitative estimate of drug-likeness (QED) is 0.770. The zero-order valence-corrected chi connectivity index (χ0v) is 12.0. The number of carboxylic acid groups (broad SMARTS) is 1. The van der Waals surface area contributed by atoms with Crippen molar-refractivity contribution in [3.63, 3.8) is 0 Å². The monoisotopic (exact) mass is 291 g/mol. The van der Waals surface area contributed by atoms with E-state index in [0.29, 0.717) is 19.5 Å². The summed E-state index contributed by atoms with van der Waals surface area (Å²) in [4.78, 5) is 24.0. The standard InChI is InChI=1S/C12H21NO5S/c1-2-19(17,18)9-11(14)13-7-3-4-10(8-13)5-6-12(15)16/h10H,2-9H2,1H3,(H,15,16). The van der Waals surface area contributed by atoms with E-state index in [1.807, 2.05) is 0 Å². The molecule has 1 fully saturated rings. The molecular weight excluding hydrogens is 270 g/mol. The minimum absolute atomic E-state index is 0.0327. The molecule has 0 saturated carbocycles. The number of nitrogens with zero attached hydrogens (tertiary/aromatic N) is 1. The van der Waals surface area contributed by atoms with Crippen LogP contribution in [-0.4, -0.2) is 54.9 Å². The lowest BCUT2D eigenvalue weighted by molar-refractivity contribution is -0.137. The summed E-state index contributed by atoms with van der Waals surface area (Å²) in [7, 11) is -3.30. The van der Waals surface area contributed by atoms with Gasteiger partial charge in [0, 0.05) is 25.3 Å². The molecule has 1 rings (SSSR count). The van der Waals surface area contributed by atoms with E-state index < -0.39 is 21.6 Å². The van der Waals surface area contributed by atoms with Crippen molar-refractivity contribution < 1.29 is 23.1 Å². The van der Waals surface area contributed by atoms with Crippen LogP contribution in [0.5, 0.6) is 0 Å². The highest BCUT2D eigenvalue weighted by molar-refractivity contribution is 7.92. The number of rotatable bonds is 6. The Morgan fingerprint density at radius 2 is 2.05 bits per heavy atom. The smallest absolute Gasteiger partial charge is 0.303 e. The first-order chi connectivity index (χ1) is 8.84. The number of carbonyl (C=O) groups is 2. The zero-order chi connectivity index (χ0) is 14.5. The van der Waals surface area contributed by atoms with Crippen molar-refractivity contribution in [1.82, 2.24) is 4.90 Å². The SMILES string of the molecule is CCS(=O)(=O)CC(=O)N1CCCC(CCC(=O)O)C1. The van der Waals surface area contributed by atoms with Crippen molar-refractivity contribution in [2.75, 3.05) is 24.6 Å². The van der Waals surface area contributed by atoms with E-state index in [1.54, 1.807) is 4.90 Å². The van der Waals surface area contributed by atoms with E-state index in [4.69, 9.17) is 5.11 Å².